The number of halogens is 1. The average Bonchev–Trinajstić information content (AvgIpc) is 2.78. The number of nitrogens with zero attached hydrogens (tertiary/aromatic N) is 1. The summed E-state index contributed by atoms with van der Waals surface area (Å²) in [5, 5.41) is 4.69. The number of ether oxygens (including phenoxy) is 3. The SMILES string of the molecule is COc1ccc(C(=O)NN=Cc2cccc(OC)c2OCc2cccc(Cl)c2)cc1. The van der Waals surface area contributed by atoms with Gasteiger partial charge in [-0.05, 0) is 54.1 Å². The lowest BCUT2D eigenvalue weighted by Crippen LogP contribution is -2.17. The Labute approximate surface area is 180 Å². The fraction of sp³-hybridized carbons (Fsp3) is 0.130. The first-order chi connectivity index (χ1) is 14.6. The Balaban J connectivity index is 1.72. The molecule has 3 aromatic carbocycles. The maximum atomic E-state index is 12.3. The molecule has 0 atom stereocenters. The van der Waals surface area contributed by atoms with Crippen LogP contribution in [0.2, 0.25) is 5.02 Å². The first-order valence-corrected chi connectivity index (χ1v) is 9.50. The van der Waals surface area contributed by atoms with Gasteiger partial charge in [-0.25, -0.2) is 5.43 Å². The molecule has 0 fully saturated rings. The minimum Gasteiger partial charge on any atom is -0.497 e. The van der Waals surface area contributed by atoms with Crippen LogP contribution >= 0.6 is 11.6 Å². The second kappa shape index (κ2) is 10.3. The van der Waals surface area contributed by atoms with Crippen molar-refractivity contribution in [2.24, 2.45) is 5.10 Å². The third kappa shape index (κ3) is 5.52. The molecular formula is C23H21ClN2O4. The van der Waals surface area contributed by atoms with Gasteiger partial charge in [0.05, 0.1) is 20.4 Å². The molecule has 0 saturated carbocycles. The van der Waals surface area contributed by atoms with Gasteiger partial charge in [0.15, 0.2) is 11.5 Å². The van der Waals surface area contributed by atoms with Crippen molar-refractivity contribution in [3.8, 4) is 17.2 Å². The van der Waals surface area contributed by atoms with Crippen molar-refractivity contribution < 1.29 is 19.0 Å². The van der Waals surface area contributed by atoms with Gasteiger partial charge in [0, 0.05) is 16.1 Å². The highest BCUT2D eigenvalue weighted by molar-refractivity contribution is 6.30. The number of amides is 1. The Bertz CT molecular complexity index is 1040. The summed E-state index contributed by atoms with van der Waals surface area (Å²) in [4.78, 5) is 12.3. The van der Waals surface area contributed by atoms with E-state index in [0.717, 1.165) is 5.56 Å². The minimum atomic E-state index is -0.335. The van der Waals surface area contributed by atoms with Crippen molar-refractivity contribution in [2.75, 3.05) is 14.2 Å². The number of hydrogen-bond acceptors (Lipinski definition) is 5. The Morgan fingerprint density at radius 3 is 2.50 bits per heavy atom. The molecule has 154 valence electrons. The molecule has 0 aliphatic heterocycles. The molecule has 3 rings (SSSR count). The van der Waals surface area contributed by atoms with Gasteiger partial charge >= 0.3 is 0 Å². The average molecular weight is 425 g/mol. The van der Waals surface area contributed by atoms with Crippen LogP contribution < -0.4 is 19.6 Å². The van der Waals surface area contributed by atoms with Gasteiger partial charge in [0.25, 0.3) is 5.91 Å². The van der Waals surface area contributed by atoms with Crippen LogP contribution in [0.5, 0.6) is 17.2 Å². The minimum absolute atomic E-state index is 0.306. The quantitative estimate of drug-likeness (QED) is 0.420. The van der Waals surface area contributed by atoms with Crippen LogP contribution in [0, 0.1) is 0 Å². The number of carbonyl (C=O) groups is 1. The molecule has 0 saturated heterocycles. The zero-order chi connectivity index (χ0) is 21.3. The summed E-state index contributed by atoms with van der Waals surface area (Å²) in [6.45, 7) is 0.306. The fourth-order valence-corrected chi connectivity index (χ4v) is 2.91. The molecule has 0 aliphatic carbocycles. The van der Waals surface area contributed by atoms with Gasteiger partial charge in [0.2, 0.25) is 0 Å². The molecule has 3 aromatic rings. The van der Waals surface area contributed by atoms with E-state index in [1.54, 1.807) is 50.6 Å². The summed E-state index contributed by atoms with van der Waals surface area (Å²) in [5.74, 6) is 1.41. The monoisotopic (exact) mass is 424 g/mol. The zero-order valence-electron chi connectivity index (χ0n) is 16.6. The fourth-order valence-electron chi connectivity index (χ4n) is 2.70. The van der Waals surface area contributed by atoms with E-state index in [-0.39, 0.29) is 5.91 Å². The lowest BCUT2D eigenvalue weighted by Gasteiger charge is -2.13. The number of nitrogens with one attached hydrogen (secondary N) is 1. The Morgan fingerprint density at radius 1 is 1.03 bits per heavy atom. The second-order valence-electron chi connectivity index (χ2n) is 6.22. The highest BCUT2D eigenvalue weighted by atomic mass is 35.5. The van der Waals surface area contributed by atoms with E-state index < -0.39 is 0 Å². The zero-order valence-corrected chi connectivity index (χ0v) is 17.3. The smallest absolute Gasteiger partial charge is 0.271 e. The van der Waals surface area contributed by atoms with Crippen molar-refractivity contribution in [2.45, 2.75) is 6.61 Å². The Morgan fingerprint density at radius 2 is 1.80 bits per heavy atom. The number of para-hydroxylation sites is 1. The van der Waals surface area contributed by atoms with E-state index >= 15 is 0 Å². The molecule has 1 amide bonds. The highest BCUT2D eigenvalue weighted by Gasteiger charge is 2.10. The molecular weight excluding hydrogens is 404 g/mol. The predicted molar refractivity (Wildman–Crippen MR) is 117 cm³/mol. The van der Waals surface area contributed by atoms with E-state index in [1.165, 1.54) is 6.21 Å². The molecule has 0 bridgehead atoms. The number of rotatable bonds is 8. The van der Waals surface area contributed by atoms with Gasteiger partial charge in [-0.2, -0.15) is 5.10 Å². The third-order valence-electron chi connectivity index (χ3n) is 4.22. The number of hydrazone groups is 1. The van der Waals surface area contributed by atoms with E-state index in [4.69, 9.17) is 25.8 Å². The normalized spacial score (nSPS) is 10.6. The second-order valence-corrected chi connectivity index (χ2v) is 6.66. The maximum absolute atomic E-state index is 12.3. The number of benzene rings is 3. The van der Waals surface area contributed by atoms with E-state index in [9.17, 15) is 4.79 Å². The number of hydrogen-bond donors (Lipinski definition) is 1. The van der Waals surface area contributed by atoms with Crippen molar-refractivity contribution in [1.82, 2.24) is 5.43 Å². The molecule has 0 unspecified atom stereocenters. The first-order valence-electron chi connectivity index (χ1n) is 9.12. The summed E-state index contributed by atoms with van der Waals surface area (Å²) >= 11 is 6.03. The van der Waals surface area contributed by atoms with Crippen LogP contribution in [-0.2, 0) is 6.61 Å². The standard InChI is InChI=1S/C23H21ClN2O4/c1-28-20-11-9-17(10-12-20)23(27)26-25-14-18-6-4-8-21(29-2)22(18)30-15-16-5-3-7-19(24)13-16/h3-14H,15H2,1-2H3,(H,26,27). The lowest BCUT2D eigenvalue weighted by atomic mass is 10.2. The van der Waals surface area contributed by atoms with Crippen LogP contribution in [0.15, 0.2) is 71.8 Å². The highest BCUT2D eigenvalue weighted by Crippen LogP contribution is 2.31. The van der Waals surface area contributed by atoms with E-state index in [2.05, 4.69) is 10.5 Å². The predicted octanol–water partition coefficient (Wildman–Crippen LogP) is 4.70. The van der Waals surface area contributed by atoms with Crippen molar-refractivity contribution in [1.29, 1.82) is 0 Å². The van der Waals surface area contributed by atoms with E-state index in [0.29, 0.717) is 40.0 Å². The summed E-state index contributed by atoms with van der Waals surface area (Å²) in [6.07, 6.45) is 1.51. The summed E-state index contributed by atoms with van der Waals surface area (Å²) in [6, 6.07) is 19.6. The van der Waals surface area contributed by atoms with Crippen molar-refractivity contribution >= 4 is 23.7 Å². The lowest BCUT2D eigenvalue weighted by molar-refractivity contribution is 0.0955. The molecule has 7 heteroatoms. The van der Waals surface area contributed by atoms with Crippen molar-refractivity contribution in [3.63, 3.8) is 0 Å². The number of carbonyl (C=O) groups excluding carboxylic acids is 1. The molecule has 0 heterocycles. The Hall–Kier alpha value is -3.51. The summed E-state index contributed by atoms with van der Waals surface area (Å²) < 4.78 is 16.5. The third-order valence-corrected chi connectivity index (χ3v) is 4.46. The Kier molecular flexibility index (Phi) is 7.29. The van der Waals surface area contributed by atoms with Crippen LogP contribution in [0.4, 0.5) is 0 Å². The largest absolute Gasteiger partial charge is 0.497 e. The van der Waals surface area contributed by atoms with Crippen LogP contribution in [0.1, 0.15) is 21.5 Å². The molecule has 0 aromatic heterocycles. The molecule has 0 aliphatic rings. The van der Waals surface area contributed by atoms with Gasteiger partial charge in [0.1, 0.15) is 12.4 Å². The van der Waals surface area contributed by atoms with Gasteiger partial charge < -0.3 is 14.2 Å². The summed E-state index contributed by atoms with van der Waals surface area (Å²) in [5.41, 5.74) is 4.55. The van der Waals surface area contributed by atoms with Crippen LogP contribution in [-0.4, -0.2) is 26.3 Å². The number of methoxy groups -OCH3 is 2. The van der Waals surface area contributed by atoms with E-state index in [1.807, 2.05) is 30.3 Å². The molecule has 0 radical (unpaired) electrons. The molecule has 0 spiro atoms. The molecule has 6 nitrogen and oxygen atoms in total. The first kappa shape index (κ1) is 21.2. The molecule has 1 N–H and O–H groups in total. The van der Waals surface area contributed by atoms with Crippen LogP contribution in [0.25, 0.3) is 0 Å². The molecule has 30 heavy (non-hydrogen) atoms. The maximum Gasteiger partial charge on any atom is 0.271 e. The topological polar surface area (TPSA) is 69.2 Å². The van der Waals surface area contributed by atoms with Gasteiger partial charge in [-0.15, -0.1) is 0 Å². The van der Waals surface area contributed by atoms with Crippen LogP contribution in [0.3, 0.4) is 0 Å². The summed E-state index contributed by atoms with van der Waals surface area (Å²) in [7, 11) is 3.13. The van der Waals surface area contributed by atoms with Gasteiger partial charge in [-0.1, -0.05) is 29.8 Å². The van der Waals surface area contributed by atoms with Gasteiger partial charge in [-0.3, -0.25) is 4.79 Å². The van der Waals surface area contributed by atoms with Crippen molar-refractivity contribution in [3.05, 3.63) is 88.4 Å².